The van der Waals surface area contributed by atoms with Crippen LogP contribution in [0.3, 0.4) is 0 Å². The van der Waals surface area contributed by atoms with E-state index in [2.05, 4.69) is 22.3 Å². The zero-order valence-corrected chi connectivity index (χ0v) is 16.5. The lowest BCUT2D eigenvalue weighted by atomic mass is 10.0. The SMILES string of the molecule is CCOc1ccc(C2CCCN2CC(=O)Nc2ccc(OC)c(Cl)c2)cc1. The van der Waals surface area contributed by atoms with Crippen molar-refractivity contribution in [3.05, 3.63) is 53.1 Å². The second kappa shape index (κ2) is 9.11. The smallest absolute Gasteiger partial charge is 0.238 e. The number of nitrogens with zero attached hydrogens (tertiary/aromatic N) is 1. The third-order valence-corrected chi connectivity index (χ3v) is 5.02. The Hall–Kier alpha value is -2.24. The van der Waals surface area contributed by atoms with Crippen molar-refractivity contribution in [2.24, 2.45) is 0 Å². The number of halogens is 1. The quantitative estimate of drug-likeness (QED) is 0.757. The molecule has 0 aliphatic carbocycles. The number of anilines is 1. The second-order valence-corrected chi connectivity index (χ2v) is 6.94. The summed E-state index contributed by atoms with van der Waals surface area (Å²) in [6, 6.07) is 13.7. The maximum atomic E-state index is 12.5. The summed E-state index contributed by atoms with van der Waals surface area (Å²) in [6.45, 7) is 3.89. The molecule has 2 aromatic carbocycles. The summed E-state index contributed by atoms with van der Waals surface area (Å²) in [5, 5.41) is 3.39. The first kappa shape index (κ1) is 19.5. The summed E-state index contributed by atoms with van der Waals surface area (Å²) in [4.78, 5) is 14.7. The second-order valence-electron chi connectivity index (χ2n) is 6.53. The summed E-state index contributed by atoms with van der Waals surface area (Å²) in [6.07, 6.45) is 2.13. The zero-order valence-electron chi connectivity index (χ0n) is 15.7. The normalized spacial score (nSPS) is 16.9. The van der Waals surface area contributed by atoms with Crippen LogP contribution in [0.2, 0.25) is 5.02 Å². The highest BCUT2D eigenvalue weighted by Crippen LogP contribution is 2.33. The third-order valence-electron chi connectivity index (χ3n) is 4.72. The minimum atomic E-state index is -0.0472. The number of methoxy groups -OCH3 is 1. The molecule has 1 aliphatic heterocycles. The first-order valence-electron chi connectivity index (χ1n) is 9.21. The minimum Gasteiger partial charge on any atom is -0.495 e. The van der Waals surface area contributed by atoms with Crippen LogP contribution in [-0.4, -0.2) is 37.6 Å². The van der Waals surface area contributed by atoms with Crippen LogP contribution in [0.1, 0.15) is 31.4 Å². The Labute approximate surface area is 165 Å². The Morgan fingerprint density at radius 1 is 1.26 bits per heavy atom. The molecule has 5 nitrogen and oxygen atoms in total. The highest BCUT2D eigenvalue weighted by Gasteiger charge is 2.27. The van der Waals surface area contributed by atoms with Crippen molar-refractivity contribution in [2.45, 2.75) is 25.8 Å². The lowest BCUT2D eigenvalue weighted by molar-refractivity contribution is -0.117. The Morgan fingerprint density at radius 3 is 2.70 bits per heavy atom. The van der Waals surface area contributed by atoms with Crippen molar-refractivity contribution in [2.75, 3.05) is 32.1 Å². The summed E-state index contributed by atoms with van der Waals surface area (Å²) in [5.74, 6) is 1.42. The zero-order chi connectivity index (χ0) is 19.2. The molecule has 3 rings (SSSR count). The molecule has 2 aromatic rings. The average Bonchev–Trinajstić information content (AvgIpc) is 3.11. The fraction of sp³-hybridized carbons (Fsp3) is 0.381. The number of likely N-dealkylation sites (tertiary alicyclic amines) is 1. The number of hydrogen-bond acceptors (Lipinski definition) is 4. The molecule has 27 heavy (non-hydrogen) atoms. The maximum absolute atomic E-state index is 12.5. The molecule has 1 fully saturated rings. The topological polar surface area (TPSA) is 50.8 Å². The van der Waals surface area contributed by atoms with Gasteiger partial charge in [-0.05, 0) is 62.2 Å². The van der Waals surface area contributed by atoms with E-state index in [0.717, 1.165) is 25.1 Å². The minimum absolute atomic E-state index is 0.0472. The van der Waals surface area contributed by atoms with E-state index in [1.54, 1.807) is 25.3 Å². The van der Waals surface area contributed by atoms with Crippen molar-refractivity contribution >= 4 is 23.2 Å². The molecule has 0 spiro atoms. The van der Waals surface area contributed by atoms with Gasteiger partial charge in [0.25, 0.3) is 0 Å². The van der Waals surface area contributed by atoms with Crippen molar-refractivity contribution in [3.63, 3.8) is 0 Å². The number of rotatable bonds is 7. The van der Waals surface area contributed by atoms with Crippen molar-refractivity contribution in [1.82, 2.24) is 4.90 Å². The largest absolute Gasteiger partial charge is 0.495 e. The number of carbonyl (C=O) groups is 1. The highest BCUT2D eigenvalue weighted by atomic mass is 35.5. The fourth-order valence-electron chi connectivity index (χ4n) is 3.47. The van der Waals surface area contributed by atoms with Crippen LogP contribution in [0.5, 0.6) is 11.5 Å². The number of amides is 1. The van der Waals surface area contributed by atoms with Gasteiger partial charge < -0.3 is 14.8 Å². The van der Waals surface area contributed by atoms with Crippen molar-refractivity contribution in [3.8, 4) is 11.5 Å². The van der Waals surface area contributed by atoms with Gasteiger partial charge in [0.2, 0.25) is 5.91 Å². The van der Waals surface area contributed by atoms with Crippen molar-refractivity contribution in [1.29, 1.82) is 0 Å². The lowest BCUT2D eigenvalue weighted by Crippen LogP contribution is -2.32. The first-order valence-corrected chi connectivity index (χ1v) is 9.58. The van der Waals surface area contributed by atoms with Crippen LogP contribution >= 0.6 is 11.6 Å². The van der Waals surface area contributed by atoms with Crippen LogP contribution < -0.4 is 14.8 Å². The van der Waals surface area contributed by atoms with Gasteiger partial charge >= 0.3 is 0 Å². The maximum Gasteiger partial charge on any atom is 0.238 e. The van der Waals surface area contributed by atoms with Crippen LogP contribution in [0.15, 0.2) is 42.5 Å². The van der Waals surface area contributed by atoms with Gasteiger partial charge in [0, 0.05) is 11.7 Å². The van der Waals surface area contributed by atoms with E-state index in [0.29, 0.717) is 29.6 Å². The summed E-state index contributed by atoms with van der Waals surface area (Å²) in [7, 11) is 1.56. The molecule has 1 unspecified atom stereocenters. The molecular formula is C21H25ClN2O3. The number of benzene rings is 2. The molecule has 1 aliphatic rings. The predicted octanol–water partition coefficient (Wildman–Crippen LogP) is 4.52. The van der Waals surface area contributed by atoms with Gasteiger partial charge in [-0.1, -0.05) is 23.7 Å². The standard InChI is InChI=1S/C21H25ClN2O3/c1-3-27-17-9-6-15(7-10-17)19-5-4-12-24(19)14-21(25)23-16-8-11-20(26-2)18(22)13-16/h6-11,13,19H,3-5,12,14H2,1-2H3,(H,23,25). The van der Waals surface area contributed by atoms with E-state index in [-0.39, 0.29) is 11.9 Å². The lowest BCUT2D eigenvalue weighted by Gasteiger charge is -2.24. The molecule has 1 heterocycles. The van der Waals surface area contributed by atoms with Crippen LogP contribution in [0, 0.1) is 0 Å². The van der Waals surface area contributed by atoms with Gasteiger partial charge in [0.1, 0.15) is 11.5 Å². The van der Waals surface area contributed by atoms with Gasteiger partial charge in [-0.2, -0.15) is 0 Å². The van der Waals surface area contributed by atoms with E-state index in [1.165, 1.54) is 5.56 Å². The van der Waals surface area contributed by atoms with E-state index in [4.69, 9.17) is 21.1 Å². The first-order chi connectivity index (χ1) is 13.1. The van der Waals surface area contributed by atoms with Crippen LogP contribution in [0.25, 0.3) is 0 Å². The number of ether oxygens (including phenoxy) is 2. The summed E-state index contributed by atoms with van der Waals surface area (Å²) >= 11 is 6.12. The van der Waals surface area contributed by atoms with Crippen LogP contribution in [-0.2, 0) is 4.79 Å². The molecule has 1 saturated heterocycles. The van der Waals surface area contributed by atoms with Gasteiger partial charge in [-0.25, -0.2) is 0 Å². The molecule has 144 valence electrons. The Balaban J connectivity index is 1.61. The Bertz CT molecular complexity index is 779. The van der Waals surface area contributed by atoms with Gasteiger partial charge in [0.05, 0.1) is 25.3 Å². The monoisotopic (exact) mass is 388 g/mol. The molecule has 0 saturated carbocycles. The van der Waals surface area contributed by atoms with E-state index in [1.807, 2.05) is 19.1 Å². The Kier molecular flexibility index (Phi) is 6.58. The molecule has 0 radical (unpaired) electrons. The third kappa shape index (κ3) is 4.93. The molecule has 1 atom stereocenters. The number of hydrogen-bond donors (Lipinski definition) is 1. The fourth-order valence-corrected chi connectivity index (χ4v) is 3.73. The van der Waals surface area contributed by atoms with Gasteiger partial charge in [0.15, 0.2) is 0 Å². The molecule has 1 N–H and O–H groups in total. The molecular weight excluding hydrogens is 364 g/mol. The predicted molar refractivity (Wildman–Crippen MR) is 108 cm³/mol. The van der Waals surface area contributed by atoms with E-state index < -0.39 is 0 Å². The van der Waals surface area contributed by atoms with Gasteiger partial charge in [-0.15, -0.1) is 0 Å². The van der Waals surface area contributed by atoms with Gasteiger partial charge in [-0.3, -0.25) is 9.69 Å². The number of nitrogens with one attached hydrogen (secondary N) is 1. The number of carbonyl (C=O) groups excluding carboxylic acids is 1. The summed E-state index contributed by atoms with van der Waals surface area (Å²) in [5.41, 5.74) is 1.89. The molecule has 1 amide bonds. The molecule has 6 heteroatoms. The van der Waals surface area contributed by atoms with Crippen LogP contribution in [0.4, 0.5) is 5.69 Å². The average molecular weight is 389 g/mol. The van der Waals surface area contributed by atoms with E-state index >= 15 is 0 Å². The summed E-state index contributed by atoms with van der Waals surface area (Å²) < 4.78 is 10.6. The molecule has 0 aromatic heterocycles. The molecule has 0 bridgehead atoms. The van der Waals surface area contributed by atoms with E-state index in [9.17, 15) is 4.79 Å². The highest BCUT2D eigenvalue weighted by molar-refractivity contribution is 6.32. The Morgan fingerprint density at radius 2 is 2.04 bits per heavy atom. The van der Waals surface area contributed by atoms with Crippen molar-refractivity contribution < 1.29 is 14.3 Å².